The van der Waals surface area contributed by atoms with Crippen molar-refractivity contribution in [3.05, 3.63) is 0 Å². The lowest BCUT2D eigenvalue weighted by Gasteiger charge is -2.66. The van der Waals surface area contributed by atoms with Crippen LogP contribution in [0.5, 0.6) is 0 Å². The number of fused-ring (bicyclic) bond motifs is 5. The smallest absolute Gasteiger partial charge is 0.161 e. The van der Waals surface area contributed by atoms with Gasteiger partial charge in [-0.05, 0) is 68.6 Å². The van der Waals surface area contributed by atoms with Gasteiger partial charge in [-0.25, -0.2) is 0 Å². The highest BCUT2D eigenvalue weighted by molar-refractivity contribution is 5.86. The zero-order valence-corrected chi connectivity index (χ0v) is 16.7. The number of carbonyl (C=O) groups excluding carboxylic acids is 2. The number of hydrogen-bond donors (Lipinski definition) is 2. The standard InChI is InChI=1S/C22H34O4/c1-13(23)22(26)10-7-17-15-11-18(25)21(4)12-14(24)5-8-19(21,2)16(15)6-9-20(17,22)3/h15-18,25-26H,5-12H2,1-4H3. The maximum absolute atomic E-state index is 12.3. The number of rotatable bonds is 1. The summed E-state index contributed by atoms with van der Waals surface area (Å²) < 4.78 is 0. The molecule has 0 aliphatic heterocycles. The monoisotopic (exact) mass is 362 g/mol. The molecule has 4 heteroatoms. The minimum absolute atomic E-state index is 0.0402. The van der Waals surface area contributed by atoms with E-state index in [4.69, 9.17) is 0 Å². The van der Waals surface area contributed by atoms with Crippen molar-refractivity contribution in [2.24, 2.45) is 34.0 Å². The third-order valence-corrected chi connectivity index (χ3v) is 10.0. The van der Waals surface area contributed by atoms with Crippen LogP contribution in [0.4, 0.5) is 0 Å². The predicted molar refractivity (Wildman–Crippen MR) is 98.4 cm³/mol. The highest BCUT2D eigenvalue weighted by atomic mass is 16.3. The van der Waals surface area contributed by atoms with Gasteiger partial charge in [-0.2, -0.15) is 0 Å². The molecule has 0 bridgehead atoms. The molecule has 8 atom stereocenters. The Balaban J connectivity index is 1.73. The van der Waals surface area contributed by atoms with Crippen LogP contribution >= 0.6 is 0 Å². The van der Waals surface area contributed by atoms with Crippen molar-refractivity contribution in [2.75, 3.05) is 0 Å². The van der Waals surface area contributed by atoms with E-state index in [0.29, 0.717) is 37.5 Å². The molecule has 4 rings (SSSR count). The normalized spacial score (nSPS) is 56.5. The first kappa shape index (κ1) is 18.6. The van der Waals surface area contributed by atoms with E-state index < -0.39 is 11.7 Å². The number of hydrogen-bond acceptors (Lipinski definition) is 4. The van der Waals surface area contributed by atoms with Gasteiger partial charge in [-0.15, -0.1) is 0 Å². The molecule has 26 heavy (non-hydrogen) atoms. The van der Waals surface area contributed by atoms with Crippen molar-refractivity contribution < 1.29 is 19.8 Å². The third kappa shape index (κ3) is 1.98. The van der Waals surface area contributed by atoms with Crippen LogP contribution in [-0.2, 0) is 9.59 Å². The third-order valence-electron chi connectivity index (χ3n) is 10.0. The summed E-state index contributed by atoms with van der Waals surface area (Å²) in [5, 5.41) is 22.4. The van der Waals surface area contributed by atoms with Crippen molar-refractivity contribution in [2.45, 2.75) is 90.8 Å². The van der Waals surface area contributed by atoms with Gasteiger partial charge in [0.2, 0.25) is 0 Å². The van der Waals surface area contributed by atoms with Gasteiger partial charge in [-0.1, -0.05) is 20.8 Å². The molecule has 0 saturated heterocycles. The highest BCUT2D eigenvalue weighted by Gasteiger charge is 2.69. The van der Waals surface area contributed by atoms with Crippen molar-refractivity contribution in [1.82, 2.24) is 0 Å². The molecule has 4 aliphatic rings. The number of Topliss-reactive ketones (excluding diaryl/α,β-unsaturated/α-hetero) is 2. The number of aliphatic hydroxyl groups is 2. The van der Waals surface area contributed by atoms with E-state index >= 15 is 0 Å². The van der Waals surface area contributed by atoms with Crippen LogP contribution in [0.2, 0.25) is 0 Å². The van der Waals surface area contributed by atoms with Crippen LogP contribution in [0.25, 0.3) is 0 Å². The summed E-state index contributed by atoms with van der Waals surface area (Å²) in [6.07, 6.45) is 5.48. The molecule has 0 amide bonds. The molecule has 2 N–H and O–H groups in total. The van der Waals surface area contributed by atoms with Gasteiger partial charge < -0.3 is 10.2 Å². The number of aliphatic hydroxyl groups excluding tert-OH is 1. The lowest BCUT2D eigenvalue weighted by Crippen LogP contribution is -2.64. The molecule has 0 aromatic rings. The van der Waals surface area contributed by atoms with Crippen molar-refractivity contribution in [1.29, 1.82) is 0 Å². The molecule has 0 heterocycles. The minimum atomic E-state index is -1.21. The van der Waals surface area contributed by atoms with E-state index in [1.807, 2.05) is 0 Å². The Bertz CT molecular complexity index is 659. The molecule has 146 valence electrons. The fraction of sp³-hybridized carbons (Fsp3) is 0.909. The summed E-state index contributed by atoms with van der Waals surface area (Å²) in [4.78, 5) is 24.5. The van der Waals surface area contributed by atoms with Crippen LogP contribution in [0.15, 0.2) is 0 Å². The second-order valence-corrected chi connectivity index (χ2v) is 10.6. The van der Waals surface area contributed by atoms with Gasteiger partial charge in [0.25, 0.3) is 0 Å². The van der Waals surface area contributed by atoms with E-state index in [9.17, 15) is 19.8 Å². The van der Waals surface area contributed by atoms with Crippen molar-refractivity contribution in [3.63, 3.8) is 0 Å². The molecule has 4 aliphatic carbocycles. The summed E-state index contributed by atoms with van der Waals surface area (Å²) >= 11 is 0. The summed E-state index contributed by atoms with van der Waals surface area (Å²) in [6, 6.07) is 0. The SMILES string of the molecule is CC(=O)C1(O)CCC2C3CC(O)C4(C)CC(=O)CCC4(C)C3CCC21C. The molecule has 4 saturated carbocycles. The highest BCUT2D eigenvalue weighted by Crippen LogP contribution is 2.70. The zero-order valence-electron chi connectivity index (χ0n) is 16.7. The number of ketones is 2. The Morgan fingerprint density at radius 2 is 1.62 bits per heavy atom. The summed E-state index contributed by atoms with van der Waals surface area (Å²) in [5.74, 6) is 1.27. The molecule has 8 unspecified atom stereocenters. The van der Waals surface area contributed by atoms with Gasteiger partial charge >= 0.3 is 0 Å². The van der Waals surface area contributed by atoms with Crippen LogP contribution in [0.1, 0.15) is 79.1 Å². The van der Waals surface area contributed by atoms with Crippen molar-refractivity contribution >= 4 is 11.6 Å². The fourth-order valence-electron chi connectivity index (χ4n) is 8.01. The maximum Gasteiger partial charge on any atom is 0.161 e. The fourth-order valence-corrected chi connectivity index (χ4v) is 8.01. The van der Waals surface area contributed by atoms with Crippen LogP contribution in [0, 0.1) is 34.0 Å². The average Bonchev–Trinajstić information content (AvgIpc) is 2.84. The minimum Gasteiger partial charge on any atom is -0.393 e. The summed E-state index contributed by atoms with van der Waals surface area (Å²) in [5.41, 5.74) is -1.97. The second-order valence-electron chi connectivity index (χ2n) is 10.6. The van der Waals surface area contributed by atoms with Crippen LogP contribution in [0.3, 0.4) is 0 Å². The van der Waals surface area contributed by atoms with Gasteiger partial charge in [0, 0.05) is 23.7 Å². The Morgan fingerprint density at radius 3 is 2.27 bits per heavy atom. The topological polar surface area (TPSA) is 74.6 Å². The molecule has 0 aromatic carbocycles. The van der Waals surface area contributed by atoms with Crippen LogP contribution < -0.4 is 0 Å². The Hall–Kier alpha value is -0.740. The maximum atomic E-state index is 12.3. The molecule has 0 aromatic heterocycles. The summed E-state index contributed by atoms with van der Waals surface area (Å²) in [6.45, 7) is 8.06. The molecule has 0 spiro atoms. The van der Waals surface area contributed by atoms with Gasteiger partial charge in [-0.3, -0.25) is 9.59 Å². The van der Waals surface area contributed by atoms with Crippen molar-refractivity contribution in [3.8, 4) is 0 Å². The lowest BCUT2D eigenvalue weighted by molar-refractivity contribution is -0.213. The van der Waals surface area contributed by atoms with Gasteiger partial charge in [0.05, 0.1) is 6.10 Å². The zero-order chi connectivity index (χ0) is 19.1. The Morgan fingerprint density at radius 1 is 1.00 bits per heavy atom. The van der Waals surface area contributed by atoms with E-state index in [-0.39, 0.29) is 33.7 Å². The van der Waals surface area contributed by atoms with E-state index in [0.717, 1.165) is 25.7 Å². The molecule has 4 nitrogen and oxygen atoms in total. The van der Waals surface area contributed by atoms with E-state index in [2.05, 4.69) is 20.8 Å². The summed E-state index contributed by atoms with van der Waals surface area (Å²) in [7, 11) is 0. The predicted octanol–water partition coefficient (Wildman–Crippen LogP) is 3.28. The Kier molecular flexibility index (Phi) is 3.87. The molecule has 0 radical (unpaired) electrons. The average molecular weight is 363 g/mol. The second kappa shape index (κ2) is 5.41. The molecular formula is C22H34O4. The van der Waals surface area contributed by atoms with Gasteiger partial charge in [0.15, 0.2) is 5.78 Å². The number of carbonyl (C=O) groups is 2. The lowest BCUT2D eigenvalue weighted by atomic mass is 9.39. The van der Waals surface area contributed by atoms with E-state index in [1.165, 1.54) is 6.92 Å². The van der Waals surface area contributed by atoms with E-state index in [1.54, 1.807) is 0 Å². The first-order valence-corrected chi connectivity index (χ1v) is 10.4. The quantitative estimate of drug-likeness (QED) is 0.751. The molecular weight excluding hydrogens is 328 g/mol. The largest absolute Gasteiger partial charge is 0.393 e. The van der Waals surface area contributed by atoms with Crippen LogP contribution in [-0.4, -0.2) is 33.5 Å². The van der Waals surface area contributed by atoms with Gasteiger partial charge in [0.1, 0.15) is 11.4 Å². The first-order valence-electron chi connectivity index (χ1n) is 10.4. The molecule has 4 fully saturated rings. The first-order chi connectivity index (χ1) is 12.0. The Labute approximate surface area is 156 Å².